The van der Waals surface area contributed by atoms with Crippen LogP contribution in [0.15, 0.2) is 167 Å². The van der Waals surface area contributed by atoms with Crippen molar-refractivity contribution in [2.24, 2.45) is 0 Å². The number of ether oxygens (including phenoxy) is 7. The Morgan fingerprint density at radius 3 is 1.67 bits per heavy atom. The van der Waals surface area contributed by atoms with Gasteiger partial charge in [0.2, 0.25) is 17.5 Å². The van der Waals surface area contributed by atoms with Gasteiger partial charge in [0.1, 0.15) is 65.8 Å². The molecular formula is C51H46O12. The molecule has 2 N–H and O–H groups in total. The fourth-order valence-corrected chi connectivity index (χ4v) is 7.30. The lowest BCUT2D eigenvalue weighted by Crippen LogP contribution is -2.62. The van der Waals surface area contributed by atoms with Gasteiger partial charge >= 0.3 is 5.97 Å². The lowest BCUT2D eigenvalue weighted by molar-refractivity contribution is -0.308. The highest BCUT2D eigenvalue weighted by atomic mass is 16.7. The summed E-state index contributed by atoms with van der Waals surface area (Å²) in [5.41, 5.74) is 3.15. The second kappa shape index (κ2) is 20.3. The molecule has 12 heteroatoms. The van der Waals surface area contributed by atoms with Crippen molar-refractivity contribution < 1.29 is 52.6 Å². The van der Waals surface area contributed by atoms with E-state index in [1.807, 2.05) is 121 Å². The number of phenols is 2. The van der Waals surface area contributed by atoms with E-state index in [-0.39, 0.29) is 54.7 Å². The molecule has 0 aliphatic carbocycles. The summed E-state index contributed by atoms with van der Waals surface area (Å²) in [5, 5.41) is 21.2. The number of hydrogen-bond acceptors (Lipinski definition) is 12. The van der Waals surface area contributed by atoms with Gasteiger partial charge in [-0.25, -0.2) is 0 Å². The zero-order chi connectivity index (χ0) is 43.5. The zero-order valence-corrected chi connectivity index (χ0v) is 34.4. The van der Waals surface area contributed by atoms with Crippen LogP contribution in [0.4, 0.5) is 0 Å². The maximum Gasteiger partial charge on any atom is 0.302 e. The first-order valence-corrected chi connectivity index (χ1v) is 20.5. The van der Waals surface area contributed by atoms with E-state index in [4.69, 9.17) is 37.6 Å². The van der Waals surface area contributed by atoms with E-state index in [1.54, 1.807) is 24.3 Å². The molecule has 0 unspecified atom stereocenters. The maximum absolute atomic E-state index is 14.7. The van der Waals surface area contributed by atoms with Crippen LogP contribution in [0, 0.1) is 0 Å². The van der Waals surface area contributed by atoms with Crippen molar-refractivity contribution >= 4 is 16.9 Å². The highest BCUT2D eigenvalue weighted by Gasteiger charge is 2.50. The van der Waals surface area contributed by atoms with Gasteiger partial charge in [-0.15, -0.1) is 0 Å². The first-order chi connectivity index (χ1) is 30.8. The average Bonchev–Trinajstić information content (AvgIpc) is 3.30. The molecule has 0 saturated carbocycles. The lowest BCUT2D eigenvalue weighted by Gasteiger charge is -2.45. The normalized spacial score (nSPS) is 18.5. The molecule has 6 aromatic carbocycles. The summed E-state index contributed by atoms with van der Waals surface area (Å²) >= 11 is 0. The SMILES string of the molecule is CC(=O)OC[C@H]1O[C@@H](Oc2c(-c3ccc(OCc4ccccc4)cc3)oc3cc(O)cc(O)c3c2=O)[C@H](OCc2ccccc2)[C@@H](OCc2ccccc2)[C@@H]1OCc1ccccc1. The molecule has 1 fully saturated rings. The second-order valence-electron chi connectivity index (χ2n) is 15.0. The van der Waals surface area contributed by atoms with Gasteiger partial charge in [0, 0.05) is 24.6 Å². The summed E-state index contributed by atoms with van der Waals surface area (Å²) < 4.78 is 51.4. The number of esters is 1. The van der Waals surface area contributed by atoms with Gasteiger partial charge < -0.3 is 47.8 Å². The van der Waals surface area contributed by atoms with E-state index < -0.39 is 47.9 Å². The van der Waals surface area contributed by atoms with Crippen LogP contribution in [0.2, 0.25) is 0 Å². The van der Waals surface area contributed by atoms with Crippen LogP contribution in [0.25, 0.3) is 22.3 Å². The largest absolute Gasteiger partial charge is 0.508 e. The number of benzene rings is 6. The third kappa shape index (κ3) is 10.7. The predicted octanol–water partition coefficient (Wildman–Crippen LogP) is 8.87. The van der Waals surface area contributed by atoms with E-state index in [1.165, 1.54) is 13.0 Å². The summed E-state index contributed by atoms with van der Waals surface area (Å²) in [6.45, 7) is 1.75. The highest BCUT2D eigenvalue weighted by molar-refractivity contribution is 5.88. The average molecular weight is 851 g/mol. The Morgan fingerprint density at radius 2 is 1.13 bits per heavy atom. The Hall–Kier alpha value is -6.96. The quantitative estimate of drug-likeness (QED) is 0.0842. The number of carbonyl (C=O) groups excluding carboxylic acids is 1. The molecule has 5 atom stereocenters. The minimum atomic E-state index is -1.42. The number of phenolic OH excluding ortho intramolecular Hbond substituents is 2. The van der Waals surface area contributed by atoms with Crippen molar-refractivity contribution in [3.8, 4) is 34.3 Å². The Morgan fingerprint density at radius 1 is 0.619 bits per heavy atom. The molecule has 0 bridgehead atoms. The standard InChI is InChI=1S/C51H46O12/c1-33(52)56-32-43-47(58-29-35-16-8-3-9-17-35)49(59-30-36-18-10-4-11-19-36)50(60-31-37-20-12-5-13-21-37)51(62-43)63-48-45(55)44-41(54)26-39(53)27-42(44)61-46(48)38-22-24-40(25-23-38)57-28-34-14-6-2-7-15-34/h2-27,43,47,49-51,53-54H,28-32H2,1H3/t43-,47-,49+,50-,51+/m1/s1. The van der Waals surface area contributed by atoms with Crippen molar-refractivity contribution in [3.05, 3.63) is 190 Å². The monoisotopic (exact) mass is 850 g/mol. The van der Waals surface area contributed by atoms with Crippen LogP contribution in [0.3, 0.4) is 0 Å². The fourth-order valence-electron chi connectivity index (χ4n) is 7.30. The third-order valence-corrected chi connectivity index (χ3v) is 10.4. The van der Waals surface area contributed by atoms with Crippen molar-refractivity contribution in [1.82, 2.24) is 0 Å². The molecule has 1 saturated heterocycles. The van der Waals surface area contributed by atoms with E-state index in [0.717, 1.165) is 28.3 Å². The zero-order valence-electron chi connectivity index (χ0n) is 34.4. The fraction of sp³-hybridized carbons (Fsp3) is 0.216. The minimum Gasteiger partial charge on any atom is -0.508 e. The van der Waals surface area contributed by atoms with Crippen LogP contribution >= 0.6 is 0 Å². The van der Waals surface area contributed by atoms with Crippen LogP contribution < -0.4 is 14.9 Å². The first-order valence-electron chi connectivity index (χ1n) is 20.5. The van der Waals surface area contributed by atoms with E-state index >= 15 is 0 Å². The van der Waals surface area contributed by atoms with Gasteiger partial charge in [0.05, 0.1) is 19.8 Å². The number of hydrogen-bond donors (Lipinski definition) is 2. The van der Waals surface area contributed by atoms with Crippen molar-refractivity contribution in [1.29, 1.82) is 0 Å². The molecule has 63 heavy (non-hydrogen) atoms. The number of carbonyl (C=O) groups is 1. The van der Waals surface area contributed by atoms with Gasteiger partial charge in [-0.2, -0.15) is 0 Å². The van der Waals surface area contributed by atoms with E-state index in [0.29, 0.717) is 17.9 Å². The summed E-state index contributed by atoms with van der Waals surface area (Å²) in [7, 11) is 0. The van der Waals surface area contributed by atoms with Gasteiger partial charge in [0.25, 0.3) is 0 Å². The van der Waals surface area contributed by atoms with Crippen molar-refractivity contribution in [2.45, 2.75) is 64.1 Å². The number of rotatable bonds is 17. The van der Waals surface area contributed by atoms with Gasteiger partial charge in [-0.3, -0.25) is 9.59 Å². The number of fused-ring (bicyclic) bond motifs is 1. The Labute approximate surface area is 363 Å². The minimum absolute atomic E-state index is 0.0294. The molecule has 2 heterocycles. The van der Waals surface area contributed by atoms with Crippen LogP contribution in [-0.2, 0) is 54.9 Å². The summed E-state index contributed by atoms with van der Waals surface area (Å²) in [6, 6.07) is 47.5. The van der Waals surface area contributed by atoms with Crippen LogP contribution in [0.1, 0.15) is 29.2 Å². The van der Waals surface area contributed by atoms with Crippen LogP contribution in [0.5, 0.6) is 23.0 Å². The third-order valence-electron chi connectivity index (χ3n) is 10.4. The Balaban J connectivity index is 1.21. The molecule has 1 aliphatic heterocycles. The summed E-state index contributed by atoms with van der Waals surface area (Å²) in [4.78, 5) is 27.0. The molecule has 7 aromatic rings. The molecule has 0 spiro atoms. The lowest BCUT2D eigenvalue weighted by atomic mass is 9.97. The molecule has 322 valence electrons. The Kier molecular flexibility index (Phi) is 13.7. The van der Waals surface area contributed by atoms with Crippen LogP contribution in [-0.4, -0.2) is 53.5 Å². The van der Waals surface area contributed by atoms with Crippen molar-refractivity contribution in [3.63, 3.8) is 0 Å². The van der Waals surface area contributed by atoms with Gasteiger partial charge in [0.15, 0.2) is 5.76 Å². The molecule has 8 rings (SSSR count). The maximum atomic E-state index is 14.7. The van der Waals surface area contributed by atoms with Crippen molar-refractivity contribution in [2.75, 3.05) is 6.61 Å². The summed E-state index contributed by atoms with van der Waals surface area (Å²) in [6.07, 6.45) is -5.34. The predicted molar refractivity (Wildman–Crippen MR) is 233 cm³/mol. The van der Waals surface area contributed by atoms with E-state index in [9.17, 15) is 19.8 Å². The molecule has 12 nitrogen and oxygen atoms in total. The number of aromatic hydroxyl groups is 2. The van der Waals surface area contributed by atoms with E-state index in [2.05, 4.69) is 0 Å². The molecule has 0 radical (unpaired) electrons. The summed E-state index contributed by atoms with van der Waals surface area (Å²) in [5.74, 6) is -1.18. The highest BCUT2D eigenvalue weighted by Crippen LogP contribution is 2.39. The molecule has 1 aromatic heterocycles. The smallest absolute Gasteiger partial charge is 0.302 e. The van der Waals surface area contributed by atoms with Gasteiger partial charge in [-0.05, 0) is 46.5 Å². The Bertz CT molecular complexity index is 2620. The molecule has 1 aliphatic rings. The molecule has 0 amide bonds. The van der Waals surface area contributed by atoms with Gasteiger partial charge in [-0.1, -0.05) is 121 Å². The topological polar surface area (TPSA) is 152 Å². The second-order valence-corrected chi connectivity index (χ2v) is 15.0. The molecular weight excluding hydrogens is 805 g/mol. The first kappa shape index (κ1) is 42.7.